The standard InChI is InChI=1S/C8H13NO3/c10-5-6-12-8(11)7-1-3-9-4-2-7/h5,7,9H,1-4,6H2. The molecule has 0 amide bonds. The molecule has 0 aromatic rings. The van der Waals surface area contributed by atoms with Crippen molar-refractivity contribution < 1.29 is 14.3 Å². The average molecular weight is 171 g/mol. The van der Waals surface area contributed by atoms with E-state index in [1.165, 1.54) is 0 Å². The van der Waals surface area contributed by atoms with Crippen molar-refractivity contribution in [2.24, 2.45) is 5.92 Å². The zero-order valence-corrected chi connectivity index (χ0v) is 6.91. The molecule has 68 valence electrons. The number of esters is 1. The van der Waals surface area contributed by atoms with Gasteiger partial charge in [-0.05, 0) is 25.9 Å². The summed E-state index contributed by atoms with van der Waals surface area (Å²) in [5.74, 6) is -0.241. The largest absolute Gasteiger partial charge is 0.458 e. The van der Waals surface area contributed by atoms with E-state index in [0.29, 0.717) is 6.29 Å². The number of aldehydes is 1. The Morgan fingerprint density at radius 3 is 2.75 bits per heavy atom. The minimum atomic E-state index is -0.233. The fourth-order valence-electron chi connectivity index (χ4n) is 1.29. The molecule has 1 rings (SSSR count). The number of hydrogen-bond donors (Lipinski definition) is 1. The second-order valence-corrected chi connectivity index (χ2v) is 2.82. The number of carbonyl (C=O) groups is 2. The van der Waals surface area contributed by atoms with Crippen LogP contribution in [0.25, 0.3) is 0 Å². The number of carbonyl (C=O) groups excluding carboxylic acids is 2. The maximum Gasteiger partial charge on any atom is 0.309 e. The number of hydrogen-bond acceptors (Lipinski definition) is 4. The molecule has 1 N–H and O–H groups in total. The molecule has 1 aliphatic heterocycles. The summed E-state index contributed by atoms with van der Waals surface area (Å²) < 4.78 is 4.70. The molecule has 4 heteroatoms. The van der Waals surface area contributed by atoms with Crippen LogP contribution in [0.2, 0.25) is 0 Å². The van der Waals surface area contributed by atoms with Crippen LogP contribution in [-0.2, 0) is 14.3 Å². The van der Waals surface area contributed by atoms with E-state index in [9.17, 15) is 9.59 Å². The third-order valence-corrected chi connectivity index (χ3v) is 1.97. The quantitative estimate of drug-likeness (QED) is 0.469. The summed E-state index contributed by atoms with van der Waals surface area (Å²) in [4.78, 5) is 21.1. The van der Waals surface area contributed by atoms with Crippen molar-refractivity contribution >= 4 is 12.3 Å². The van der Waals surface area contributed by atoms with Crippen molar-refractivity contribution in [2.45, 2.75) is 12.8 Å². The van der Waals surface area contributed by atoms with E-state index in [1.54, 1.807) is 0 Å². The van der Waals surface area contributed by atoms with Crippen molar-refractivity contribution in [3.8, 4) is 0 Å². The molecule has 1 fully saturated rings. The molecule has 4 nitrogen and oxygen atoms in total. The van der Waals surface area contributed by atoms with Gasteiger partial charge in [-0.2, -0.15) is 0 Å². The molecule has 0 radical (unpaired) electrons. The molecule has 1 heterocycles. The summed E-state index contributed by atoms with van der Waals surface area (Å²) in [7, 11) is 0. The van der Waals surface area contributed by atoms with E-state index in [0.717, 1.165) is 25.9 Å². The molecule has 12 heavy (non-hydrogen) atoms. The molecule has 0 aromatic heterocycles. The Bertz CT molecular complexity index is 164. The summed E-state index contributed by atoms with van der Waals surface area (Å²) in [6.45, 7) is 1.62. The summed E-state index contributed by atoms with van der Waals surface area (Å²) in [6, 6.07) is 0. The first kappa shape index (κ1) is 9.19. The van der Waals surface area contributed by atoms with Gasteiger partial charge < -0.3 is 10.1 Å². The molecule has 1 aliphatic rings. The van der Waals surface area contributed by atoms with Crippen LogP contribution >= 0.6 is 0 Å². The van der Waals surface area contributed by atoms with Crippen LogP contribution in [0.4, 0.5) is 0 Å². The normalized spacial score (nSPS) is 18.7. The zero-order chi connectivity index (χ0) is 8.81. The Labute approximate surface area is 71.3 Å². The first-order chi connectivity index (χ1) is 5.84. The number of rotatable bonds is 3. The van der Waals surface area contributed by atoms with Gasteiger partial charge in [0.25, 0.3) is 0 Å². The third kappa shape index (κ3) is 2.62. The SMILES string of the molecule is O=CCOC(=O)C1CCNCC1. The number of ether oxygens (including phenoxy) is 1. The Hall–Kier alpha value is -0.900. The lowest BCUT2D eigenvalue weighted by atomic mass is 9.99. The van der Waals surface area contributed by atoms with Crippen LogP contribution in [0, 0.1) is 5.92 Å². The van der Waals surface area contributed by atoms with E-state index in [-0.39, 0.29) is 18.5 Å². The molecular weight excluding hydrogens is 158 g/mol. The lowest BCUT2D eigenvalue weighted by molar-refractivity contribution is -0.150. The molecule has 0 bridgehead atoms. The lowest BCUT2D eigenvalue weighted by Gasteiger charge is -2.20. The third-order valence-electron chi connectivity index (χ3n) is 1.97. The first-order valence-electron chi connectivity index (χ1n) is 4.15. The predicted octanol–water partition coefficient (Wildman–Crippen LogP) is -0.272. The molecule has 1 saturated heterocycles. The minimum Gasteiger partial charge on any atom is -0.458 e. The van der Waals surface area contributed by atoms with Gasteiger partial charge in [-0.25, -0.2) is 0 Å². The zero-order valence-electron chi connectivity index (χ0n) is 6.91. The Morgan fingerprint density at radius 1 is 1.50 bits per heavy atom. The monoisotopic (exact) mass is 171 g/mol. The van der Waals surface area contributed by atoms with E-state index >= 15 is 0 Å². The summed E-state index contributed by atoms with van der Waals surface area (Å²) in [5, 5.41) is 3.15. The van der Waals surface area contributed by atoms with Gasteiger partial charge in [0.1, 0.15) is 6.61 Å². The van der Waals surface area contributed by atoms with Gasteiger partial charge in [-0.15, -0.1) is 0 Å². The minimum absolute atomic E-state index is 0.00815. The van der Waals surface area contributed by atoms with Crippen molar-refractivity contribution in [2.75, 3.05) is 19.7 Å². The maximum absolute atomic E-state index is 11.1. The first-order valence-corrected chi connectivity index (χ1v) is 4.15. The van der Waals surface area contributed by atoms with Crippen molar-refractivity contribution in [3.63, 3.8) is 0 Å². The van der Waals surface area contributed by atoms with Gasteiger partial charge in [0.15, 0.2) is 6.29 Å². The molecule has 0 atom stereocenters. The molecule has 0 spiro atoms. The molecule has 0 aliphatic carbocycles. The Morgan fingerprint density at radius 2 is 2.17 bits per heavy atom. The Kier molecular flexibility index (Phi) is 3.73. The summed E-state index contributed by atoms with van der Waals surface area (Å²) >= 11 is 0. The fraction of sp³-hybridized carbons (Fsp3) is 0.750. The Balaban J connectivity index is 2.24. The highest BCUT2D eigenvalue weighted by Gasteiger charge is 2.21. The topological polar surface area (TPSA) is 55.4 Å². The molecule has 0 saturated carbocycles. The second-order valence-electron chi connectivity index (χ2n) is 2.82. The van der Waals surface area contributed by atoms with Gasteiger partial charge in [-0.1, -0.05) is 0 Å². The number of nitrogens with one attached hydrogen (secondary N) is 1. The van der Waals surface area contributed by atoms with Gasteiger partial charge in [0, 0.05) is 0 Å². The van der Waals surface area contributed by atoms with Crippen LogP contribution in [0.1, 0.15) is 12.8 Å². The fourth-order valence-corrected chi connectivity index (χ4v) is 1.29. The van der Waals surface area contributed by atoms with E-state index < -0.39 is 0 Å². The van der Waals surface area contributed by atoms with Crippen LogP contribution in [0.15, 0.2) is 0 Å². The highest BCUT2D eigenvalue weighted by atomic mass is 16.5. The van der Waals surface area contributed by atoms with Crippen molar-refractivity contribution in [1.29, 1.82) is 0 Å². The summed E-state index contributed by atoms with van der Waals surface area (Å²) in [5.41, 5.74) is 0. The van der Waals surface area contributed by atoms with Crippen LogP contribution in [0.5, 0.6) is 0 Å². The summed E-state index contributed by atoms with van der Waals surface area (Å²) in [6.07, 6.45) is 2.23. The van der Waals surface area contributed by atoms with Gasteiger partial charge in [0.2, 0.25) is 0 Å². The van der Waals surface area contributed by atoms with Gasteiger partial charge >= 0.3 is 5.97 Å². The van der Waals surface area contributed by atoms with Crippen molar-refractivity contribution in [1.82, 2.24) is 5.32 Å². The predicted molar refractivity (Wildman–Crippen MR) is 42.6 cm³/mol. The number of piperidine rings is 1. The molecule has 0 unspecified atom stereocenters. The molecular formula is C8H13NO3. The highest BCUT2D eigenvalue weighted by molar-refractivity contribution is 5.74. The van der Waals surface area contributed by atoms with E-state index in [4.69, 9.17) is 4.74 Å². The lowest BCUT2D eigenvalue weighted by Crippen LogP contribution is -2.32. The van der Waals surface area contributed by atoms with E-state index in [1.807, 2.05) is 0 Å². The smallest absolute Gasteiger partial charge is 0.309 e. The van der Waals surface area contributed by atoms with E-state index in [2.05, 4.69) is 5.32 Å². The van der Waals surface area contributed by atoms with Crippen molar-refractivity contribution in [3.05, 3.63) is 0 Å². The highest BCUT2D eigenvalue weighted by Crippen LogP contribution is 2.12. The molecule has 0 aromatic carbocycles. The van der Waals surface area contributed by atoms with Gasteiger partial charge in [-0.3, -0.25) is 9.59 Å². The van der Waals surface area contributed by atoms with Crippen LogP contribution in [-0.4, -0.2) is 32.0 Å². The maximum atomic E-state index is 11.1. The van der Waals surface area contributed by atoms with Crippen LogP contribution in [0.3, 0.4) is 0 Å². The average Bonchev–Trinajstić information content (AvgIpc) is 2.15. The second kappa shape index (κ2) is 4.87. The van der Waals surface area contributed by atoms with Gasteiger partial charge in [0.05, 0.1) is 5.92 Å². The van der Waals surface area contributed by atoms with Crippen LogP contribution < -0.4 is 5.32 Å².